The predicted molar refractivity (Wildman–Crippen MR) is 41.0 cm³/mol. The Hall–Kier alpha value is -0.785. The topological polar surface area (TPSA) is 12.4 Å². The summed E-state index contributed by atoms with van der Waals surface area (Å²) in [6.07, 6.45) is 9.51. The third-order valence-electron chi connectivity index (χ3n) is 0.650. The molecule has 2 heteroatoms. The molecule has 0 aromatic carbocycles. The lowest BCUT2D eigenvalue weighted by molar-refractivity contribution is 1.74. The molecule has 0 aliphatic heterocycles. The van der Waals surface area contributed by atoms with Gasteiger partial charge >= 0.3 is 0 Å². The quantitative estimate of drug-likeness (QED) is 0.280. The van der Waals surface area contributed by atoms with E-state index in [0.717, 1.165) is 0 Å². The van der Waals surface area contributed by atoms with E-state index in [1.165, 1.54) is 0 Å². The Labute approximate surface area is 51.3 Å². The molecule has 0 unspecified atom stereocenters. The van der Waals surface area contributed by atoms with Gasteiger partial charge in [-0.3, -0.25) is 0 Å². The van der Waals surface area contributed by atoms with Crippen LogP contribution in [0, 0.1) is 0 Å². The van der Waals surface area contributed by atoms with Crippen molar-refractivity contribution in [2.45, 2.75) is 6.92 Å². The zero-order valence-electron chi connectivity index (χ0n) is 5.33. The van der Waals surface area contributed by atoms with Gasteiger partial charge in [0, 0.05) is 6.21 Å². The van der Waals surface area contributed by atoms with Gasteiger partial charge in [0.1, 0.15) is 0 Å². The van der Waals surface area contributed by atoms with Crippen LogP contribution in [-0.4, -0.2) is 14.2 Å². The van der Waals surface area contributed by atoms with Crippen LogP contribution in [0.3, 0.4) is 0 Å². The highest BCUT2D eigenvalue weighted by Crippen LogP contribution is 1.71. The Bertz CT molecular complexity index is 99.7. The van der Waals surface area contributed by atoms with Gasteiger partial charge in [-0.15, -0.1) is 0 Å². The first-order valence-corrected chi connectivity index (χ1v) is 2.62. The molecule has 8 heavy (non-hydrogen) atoms. The monoisotopic (exact) mass is 107 g/mol. The van der Waals surface area contributed by atoms with Gasteiger partial charge < -0.3 is 4.90 Å². The van der Waals surface area contributed by atoms with Gasteiger partial charge in [-0.25, -0.2) is 0 Å². The van der Waals surface area contributed by atoms with E-state index in [1.807, 2.05) is 31.2 Å². The molecular weight excluding hydrogens is 96.9 g/mol. The largest absolute Gasteiger partial charge is 0.358 e. The lowest BCUT2D eigenvalue weighted by atomic mass is 10.4. The van der Waals surface area contributed by atoms with Crippen molar-refractivity contribution in [1.82, 2.24) is 0 Å². The van der Waals surface area contributed by atoms with Crippen LogP contribution >= 0.6 is 0 Å². The molecule has 42 valence electrons. The lowest BCUT2D eigenvalue weighted by Crippen LogP contribution is -1.60. The highest BCUT2D eigenvalue weighted by Gasteiger charge is 1.55. The van der Waals surface area contributed by atoms with Crippen LogP contribution in [-0.2, 0) is 0 Å². The molecule has 0 bridgehead atoms. The smallest absolute Gasteiger partial charge is 0.244 e. The minimum atomic E-state index is 1.75. The number of hydrogen-bond acceptors (Lipinski definition) is 1. The summed E-state index contributed by atoms with van der Waals surface area (Å²) in [5.41, 5.74) is 0. The van der Waals surface area contributed by atoms with E-state index in [-0.39, 0.29) is 0 Å². The van der Waals surface area contributed by atoms with E-state index in [0.29, 0.717) is 0 Å². The van der Waals surface area contributed by atoms with Crippen molar-refractivity contribution >= 4 is 14.2 Å². The minimum Gasteiger partial charge on any atom is -0.358 e. The predicted octanol–water partition coefficient (Wildman–Crippen LogP) is 0.738. The van der Waals surface area contributed by atoms with Crippen molar-refractivity contribution in [2.75, 3.05) is 0 Å². The van der Waals surface area contributed by atoms with Gasteiger partial charge in [-0.2, -0.15) is 0 Å². The second kappa shape index (κ2) is 6.21. The third kappa shape index (κ3) is 5.21. The zero-order chi connectivity index (χ0) is 6.24. The van der Waals surface area contributed by atoms with Gasteiger partial charge in [0.05, 0.1) is 0 Å². The highest BCUT2D eigenvalue weighted by molar-refractivity contribution is 6.10. The van der Waals surface area contributed by atoms with E-state index in [1.54, 1.807) is 14.2 Å². The molecule has 0 radical (unpaired) electrons. The fourth-order valence-electron chi connectivity index (χ4n) is 0.311. The molecular formula is C6H10BN. The van der Waals surface area contributed by atoms with E-state index in [9.17, 15) is 0 Å². The molecule has 0 amide bonds. The fraction of sp³-hybridized carbons (Fsp3) is 0.167. The molecule has 0 aliphatic rings. The summed E-state index contributed by atoms with van der Waals surface area (Å²) >= 11 is 0. The summed E-state index contributed by atoms with van der Waals surface area (Å²) in [4.78, 5) is 3.76. The van der Waals surface area contributed by atoms with Gasteiger partial charge in [0.2, 0.25) is 7.98 Å². The highest BCUT2D eigenvalue weighted by atomic mass is 14.5. The van der Waals surface area contributed by atoms with Crippen LogP contribution in [0.2, 0.25) is 0 Å². The van der Waals surface area contributed by atoms with Crippen molar-refractivity contribution in [2.24, 2.45) is 4.90 Å². The normalized spacial score (nSPS) is 12.6. The van der Waals surface area contributed by atoms with Gasteiger partial charge in [0.15, 0.2) is 0 Å². The van der Waals surface area contributed by atoms with Crippen molar-refractivity contribution < 1.29 is 0 Å². The summed E-state index contributed by atoms with van der Waals surface area (Å²) in [7, 11) is 1.75. The van der Waals surface area contributed by atoms with Crippen molar-refractivity contribution in [3.05, 3.63) is 24.3 Å². The molecule has 0 rings (SSSR count). The van der Waals surface area contributed by atoms with Gasteiger partial charge in [-0.1, -0.05) is 18.2 Å². The Balaban J connectivity index is 3.35. The average molecular weight is 107 g/mol. The molecule has 0 saturated carbocycles. The number of rotatable bonds is 2. The Kier molecular flexibility index (Phi) is 5.61. The maximum Gasteiger partial charge on any atom is 0.244 e. The third-order valence-corrected chi connectivity index (χ3v) is 0.650. The molecule has 0 heterocycles. The van der Waals surface area contributed by atoms with E-state index in [2.05, 4.69) is 4.90 Å². The Morgan fingerprint density at radius 2 is 2.00 bits per heavy atom. The summed E-state index contributed by atoms with van der Waals surface area (Å²) in [6.45, 7) is 1.98. The zero-order valence-corrected chi connectivity index (χ0v) is 5.33. The molecule has 0 N–H and O–H groups in total. The summed E-state index contributed by atoms with van der Waals surface area (Å²) < 4.78 is 0. The Morgan fingerprint density at radius 1 is 1.25 bits per heavy atom. The van der Waals surface area contributed by atoms with Crippen LogP contribution in [0.25, 0.3) is 0 Å². The number of nitrogens with zero attached hydrogens (tertiary/aromatic N) is 1. The van der Waals surface area contributed by atoms with Crippen molar-refractivity contribution in [3.63, 3.8) is 0 Å². The number of hydrogen-bond donors (Lipinski definition) is 0. The second-order valence-corrected chi connectivity index (χ2v) is 1.32. The first kappa shape index (κ1) is 7.21. The minimum absolute atomic E-state index is 1.75. The number of allylic oxidation sites excluding steroid dienone is 4. The maximum atomic E-state index is 3.76. The van der Waals surface area contributed by atoms with Crippen LogP contribution in [0.15, 0.2) is 29.2 Å². The van der Waals surface area contributed by atoms with Crippen LogP contribution < -0.4 is 0 Å². The molecule has 0 aromatic heterocycles. The second-order valence-electron chi connectivity index (χ2n) is 1.32. The first-order chi connectivity index (χ1) is 3.91. The van der Waals surface area contributed by atoms with E-state index < -0.39 is 0 Å². The average Bonchev–Trinajstić information content (AvgIpc) is 1.81. The molecule has 0 spiro atoms. The summed E-state index contributed by atoms with van der Waals surface area (Å²) in [5.74, 6) is 0. The van der Waals surface area contributed by atoms with Crippen LogP contribution in [0.1, 0.15) is 6.92 Å². The standard InChI is InChI=1S/C6H10BN/c1-2-3-4-5-6-8-7/h2-6H,7H2,1H3/b3-2-,5-4-,8-6+. The lowest BCUT2D eigenvalue weighted by Gasteiger charge is -1.68. The molecule has 0 saturated heterocycles. The van der Waals surface area contributed by atoms with E-state index in [4.69, 9.17) is 0 Å². The fourth-order valence-corrected chi connectivity index (χ4v) is 0.311. The summed E-state index contributed by atoms with van der Waals surface area (Å²) in [6, 6.07) is 0. The molecule has 0 fully saturated rings. The van der Waals surface area contributed by atoms with E-state index >= 15 is 0 Å². The first-order valence-electron chi connectivity index (χ1n) is 2.62. The molecule has 0 aliphatic carbocycles. The molecule has 0 atom stereocenters. The van der Waals surface area contributed by atoms with Gasteiger partial charge in [-0.05, 0) is 13.0 Å². The molecule has 1 nitrogen and oxygen atoms in total. The van der Waals surface area contributed by atoms with Crippen LogP contribution in [0.4, 0.5) is 0 Å². The maximum absolute atomic E-state index is 3.76. The van der Waals surface area contributed by atoms with Crippen molar-refractivity contribution in [3.8, 4) is 0 Å². The van der Waals surface area contributed by atoms with Crippen LogP contribution in [0.5, 0.6) is 0 Å². The Morgan fingerprint density at radius 3 is 2.50 bits per heavy atom. The molecule has 0 aromatic rings. The van der Waals surface area contributed by atoms with Crippen molar-refractivity contribution in [1.29, 1.82) is 0 Å². The SMILES string of the molecule is B/N=C/C=C\C=C/C. The summed E-state index contributed by atoms with van der Waals surface area (Å²) in [5, 5.41) is 0. The van der Waals surface area contributed by atoms with Gasteiger partial charge in [0.25, 0.3) is 0 Å².